The zero-order valence-electron chi connectivity index (χ0n) is 18.8. The highest BCUT2D eigenvalue weighted by atomic mass is 32.2. The lowest BCUT2D eigenvalue weighted by Gasteiger charge is -2.42. The third kappa shape index (κ3) is 3.51. The zero-order chi connectivity index (χ0) is 23.7. The van der Waals surface area contributed by atoms with Gasteiger partial charge in [0.2, 0.25) is 11.8 Å². The highest BCUT2D eigenvalue weighted by Gasteiger charge is 2.65. The first-order valence-corrected chi connectivity index (χ1v) is 14.1. The number of nitrogens with zero attached hydrogens (tertiary/aromatic N) is 2. The molecule has 0 radical (unpaired) electrons. The lowest BCUT2D eigenvalue weighted by atomic mass is 9.93. The second kappa shape index (κ2) is 6.92. The number of aryl methyl sites for hydroxylation is 1. The average molecular weight is 472 g/mol. The first-order chi connectivity index (χ1) is 13.9. The van der Waals surface area contributed by atoms with E-state index in [1.54, 1.807) is 6.92 Å². The lowest BCUT2D eigenvalue weighted by molar-refractivity contribution is -0.0220. The quantitative estimate of drug-likeness (QED) is 0.514. The molecule has 1 aromatic rings. The van der Waals surface area contributed by atoms with Crippen molar-refractivity contribution in [1.29, 1.82) is 0 Å². The molecule has 0 saturated carbocycles. The topological polar surface area (TPSA) is 132 Å². The second-order valence-electron chi connectivity index (χ2n) is 9.48. The van der Waals surface area contributed by atoms with Crippen molar-refractivity contribution in [1.82, 2.24) is 9.13 Å². The van der Waals surface area contributed by atoms with Gasteiger partial charge in [-0.2, -0.15) is 8.42 Å². The van der Waals surface area contributed by atoms with Crippen LogP contribution < -0.4 is 17.0 Å². The van der Waals surface area contributed by atoms with E-state index in [1.807, 2.05) is 33.9 Å². The van der Waals surface area contributed by atoms with Crippen LogP contribution in [0.1, 0.15) is 32.6 Å². The Kier molecular flexibility index (Phi) is 5.25. The summed E-state index contributed by atoms with van der Waals surface area (Å²) in [5.41, 5.74) is 3.36. The van der Waals surface area contributed by atoms with Crippen LogP contribution in [0.2, 0.25) is 18.1 Å². The third-order valence-corrected chi connectivity index (χ3v) is 11.8. The molecule has 1 fully saturated rings. The van der Waals surface area contributed by atoms with Crippen LogP contribution in [0, 0.1) is 6.92 Å². The predicted octanol–water partition coefficient (Wildman–Crippen LogP) is 1.19. The molecule has 2 aliphatic rings. The van der Waals surface area contributed by atoms with Gasteiger partial charge < -0.3 is 14.9 Å². The number of ether oxygens (including phenoxy) is 1. The molecule has 0 amide bonds. The van der Waals surface area contributed by atoms with Gasteiger partial charge in [0.25, 0.3) is 15.7 Å². The Morgan fingerprint density at radius 1 is 1.29 bits per heavy atom. The molecule has 0 aliphatic carbocycles. The molecule has 31 heavy (non-hydrogen) atoms. The van der Waals surface area contributed by atoms with Gasteiger partial charge in [0.15, 0.2) is 8.32 Å². The van der Waals surface area contributed by atoms with Crippen LogP contribution in [0.5, 0.6) is 0 Å². The molecule has 12 heteroatoms. The van der Waals surface area contributed by atoms with Gasteiger partial charge >= 0.3 is 5.69 Å². The molecule has 1 aromatic heterocycles. The third-order valence-electron chi connectivity index (χ3n) is 6.27. The number of hydrogen-bond donors (Lipinski definition) is 1. The Hall–Kier alpha value is -2.15. The van der Waals surface area contributed by atoms with Crippen molar-refractivity contribution in [2.75, 3.05) is 0 Å². The molecule has 3 atom stereocenters. The van der Waals surface area contributed by atoms with Gasteiger partial charge in [-0.15, -0.1) is 0 Å². The number of rotatable bonds is 3. The first kappa shape index (κ1) is 23.5. The minimum atomic E-state index is -4.12. The summed E-state index contributed by atoms with van der Waals surface area (Å²) in [6, 6.07) is 0. The Labute approximate surface area is 182 Å². The van der Waals surface area contributed by atoms with Crippen LogP contribution in [-0.4, -0.2) is 37.6 Å². The molecule has 0 bridgehead atoms. The molecule has 0 aromatic carbocycles. The molecule has 172 valence electrons. The minimum Gasteiger partial charge on any atom is -0.468 e. The number of hydrogen-bond acceptors (Lipinski definition) is 8. The summed E-state index contributed by atoms with van der Waals surface area (Å²) in [5.74, 6) is -0.0885. The Bertz CT molecular complexity index is 1210. The van der Waals surface area contributed by atoms with Crippen molar-refractivity contribution in [2.24, 2.45) is 12.8 Å². The normalized spacial score (nSPS) is 28.1. The molecule has 3 rings (SSSR count). The van der Waals surface area contributed by atoms with Crippen LogP contribution in [0.25, 0.3) is 0 Å². The van der Waals surface area contributed by atoms with Gasteiger partial charge in [-0.25, -0.2) is 8.98 Å². The van der Waals surface area contributed by atoms with E-state index in [2.05, 4.69) is 6.58 Å². The van der Waals surface area contributed by atoms with E-state index >= 15 is 0 Å². The maximum Gasteiger partial charge on any atom is 0.333 e. The van der Waals surface area contributed by atoms with Crippen molar-refractivity contribution in [3.8, 4) is 0 Å². The highest BCUT2D eigenvalue weighted by Crippen LogP contribution is 2.52. The number of aromatic nitrogens is 2. The zero-order valence-corrected chi connectivity index (χ0v) is 20.6. The molecule has 3 heterocycles. The van der Waals surface area contributed by atoms with E-state index in [9.17, 15) is 18.0 Å². The summed E-state index contributed by atoms with van der Waals surface area (Å²) in [6.07, 6.45) is -0.934. The summed E-state index contributed by atoms with van der Waals surface area (Å²) in [7, 11) is -5.33. The van der Waals surface area contributed by atoms with E-state index in [-0.39, 0.29) is 16.5 Å². The summed E-state index contributed by atoms with van der Waals surface area (Å²) >= 11 is 0. The molecule has 2 unspecified atom stereocenters. The Morgan fingerprint density at radius 3 is 2.35 bits per heavy atom. The van der Waals surface area contributed by atoms with Crippen molar-refractivity contribution in [2.45, 2.75) is 63.8 Å². The van der Waals surface area contributed by atoms with Gasteiger partial charge in [-0.05, 0) is 25.1 Å². The van der Waals surface area contributed by atoms with Crippen molar-refractivity contribution >= 4 is 18.4 Å². The first-order valence-electron chi connectivity index (χ1n) is 9.70. The maximum absolute atomic E-state index is 12.9. The largest absolute Gasteiger partial charge is 0.468 e. The molecular weight excluding hydrogens is 442 g/mol. The Balaban J connectivity index is 2.26. The van der Waals surface area contributed by atoms with E-state index < -0.39 is 47.6 Å². The van der Waals surface area contributed by atoms with Crippen LogP contribution in [0.15, 0.2) is 39.2 Å². The van der Waals surface area contributed by atoms with E-state index in [4.69, 9.17) is 19.1 Å². The van der Waals surface area contributed by atoms with Crippen molar-refractivity contribution in [3.63, 3.8) is 0 Å². The summed E-state index contributed by atoms with van der Waals surface area (Å²) in [6.45, 7) is 15.4. The molecule has 1 spiro atoms. The van der Waals surface area contributed by atoms with Crippen LogP contribution in [-0.2, 0) is 30.5 Å². The Morgan fingerprint density at radius 2 is 1.87 bits per heavy atom. The molecule has 1 saturated heterocycles. The minimum absolute atomic E-state index is 0.0885. The van der Waals surface area contributed by atoms with Crippen LogP contribution >= 0.6 is 0 Å². The average Bonchev–Trinajstić information content (AvgIpc) is 3.02. The van der Waals surface area contributed by atoms with E-state index in [0.717, 1.165) is 9.98 Å². The molecular formula is C19H29N3O7SSi. The van der Waals surface area contributed by atoms with Gasteiger partial charge in [0.05, 0.1) is 11.1 Å². The van der Waals surface area contributed by atoms with Crippen LogP contribution in [0.3, 0.4) is 0 Å². The van der Waals surface area contributed by atoms with Crippen molar-refractivity contribution < 1.29 is 21.8 Å². The molecule has 10 nitrogen and oxygen atoms in total. The van der Waals surface area contributed by atoms with E-state index in [0.29, 0.717) is 5.56 Å². The highest BCUT2D eigenvalue weighted by molar-refractivity contribution is 7.90. The number of nitrogens with two attached hydrogens (primary N) is 1. The monoisotopic (exact) mass is 471 g/mol. The predicted molar refractivity (Wildman–Crippen MR) is 117 cm³/mol. The SMILES string of the molecule is C=C1O[C@@H](n2cc(C)c(=O)n(C)c2=O)C(O[Si](C)(C)C(C)(C)C)C12OS(=O)(=O)C=C2N. The summed E-state index contributed by atoms with van der Waals surface area (Å²) in [4.78, 5) is 25.1. The van der Waals surface area contributed by atoms with Crippen LogP contribution in [0.4, 0.5) is 0 Å². The van der Waals surface area contributed by atoms with Gasteiger partial charge in [-0.1, -0.05) is 27.4 Å². The van der Waals surface area contributed by atoms with Gasteiger partial charge in [0, 0.05) is 18.8 Å². The summed E-state index contributed by atoms with van der Waals surface area (Å²) < 4.78 is 44.6. The fraction of sp³-hybridized carbons (Fsp3) is 0.579. The fourth-order valence-corrected chi connectivity index (χ4v) is 5.89. The maximum atomic E-state index is 12.9. The molecule has 2 aliphatic heterocycles. The standard InChI is InChI=1S/C19H29N3O7SSi/c1-11-9-22(17(24)21(6)15(11)23)16-14(28-31(7,8)18(3,4)5)19(12(2)27-16)13(20)10-30(25,26)29-19/h9-10,14,16H,2,20H2,1,3-8H3/t14?,16-,19?/m1/s1. The molecule has 2 N–H and O–H groups in total. The summed E-state index contributed by atoms with van der Waals surface area (Å²) in [5, 5.41) is 0.545. The van der Waals surface area contributed by atoms with Gasteiger partial charge in [-0.3, -0.25) is 13.9 Å². The smallest absolute Gasteiger partial charge is 0.333 e. The van der Waals surface area contributed by atoms with Gasteiger partial charge in [0.1, 0.15) is 11.9 Å². The van der Waals surface area contributed by atoms with E-state index in [1.165, 1.54) is 17.8 Å². The second-order valence-corrected chi connectivity index (χ2v) is 15.6. The van der Waals surface area contributed by atoms with Crippen molar-refractivity contribution in [3.05, 3.63) is 56.0 Å². The fourth-order valence-electron chi connectivity index (χ4n) is 3.44. The lowest BCUT2D eigenvalue weighted by Crippen LogP contribution is -2.55.